The smallest absolute Gasteiger partial charge is 0.327 e. The molecule has 1 aromatic heterocycles. The summed E-state index contributed by atoms with van der Waals surface area (Å²) in [4.78, 5) is 23.0. The number of carbonyl (C=O) groups excluding carboxylic acids is 2. The van der Waals surface area contributed by atoms with Gasteiger partial charge in [0.05, 0.1) is 19.0 Å². The van der Waals surface area contributed by atoms with Gasteiger partial charge in [-0.2, -0.15) is 5.10 Å². The van der Waals surface area contributed by atoms with Crippen molar-refractivity contribution >= 4 is 29.2 Å². The van der Waals surface area contributed by atoms with E-state index >= 15 is 0 Å². The van der Waals surface area contributed by atoms with Crippen LogP contribution < -0.4 is 5.32 Å². The van der Waals surface area contributed by atoms with E-state index in [1.165, 1.54) is 18.0 Å². The molecular formula is C13H12ClN3O3. The van der Waals surface area contributed by atoms with E-state index in [2.05, 4.69) is 15.2 Å². The van der Waals surface area contributed by atoms with E-state index in [1.54, 1.807) is 30.5 Å². The molecule has 104 valence electrons. The Hall–Kier alpha value is -2.34. The molecule has 0 saturated heterocycles. The Bertz CT molecular complexity index is 622. The van der Waals surface area contributed by atoms with Crippen molar-refractivity contribution in [1.29, 1.82) is 0 Å². The zero-order valence-corrected chi connectivity index (χ0v) is 11.4. The van der Waals surface area contributed by atoms with E-state index in [-0.39, 0.29) is 12.5 Å². The minimum Gasteiger partial charge on any atom is -0.468 e. The maximum absolute atomic E-state index is 11.9. The predicted molar refractivity (Wildman–Crippen MR) is 73.6 cm³/mol. The van der Waals surface area contributed by atoms with E-state index < -0.39 is 5.97 Å². The number of rotatable bonds is 4. The van der Waals surface area contributed by atoms with Crippen molar-refractivity contribution in [2.45, 2.75) is 6.54 Å². The Labute approximate surface area is 120 Å². The highest BCUT2D eigenvalue weighted by atomic mass is 35.5. The molecule has 20 heavy (non-hydrogen) atoms. The summed E-state index contributed by atoms with van der Waals surface area (Å²) in [6.07, 6.45) is 3.00. The van der Waals surface area contributed by atoms with E-state index in [9.17, 15) is 9.59 Å². The van der Waals surface area contributed by atoms with Gasteiger partial charge in [-0.15, -0.1) is 0 Å². The number of aromatic nitrogens is 2. The summed E-state index contributed by atoms with van der Waals surface area (Å²) in [5, 5.41) is 7.18. The molecule has 2 rings (SSSR count). The van der Waals surface area contributed by atoms with Crippen LogP contribution in [0.5, 0.6) is 0 Å². The molecule has 1 aromatic carbocycles. The third kappa shape index (κ3) is 3.58. The molecule has 1 N–H and O–H groups in total. The van der Waals surface area contributed by atoms with Crippen molar-refractivity contribution in [2.24, 2.45) is 0 Å². The van der Waals surface area contributed by atoms with Crippen LogP contribution in [0.25, 0.3) is 0 Å². The highest BCUT2D eigenvalue weighted by molar-refractivity contribution is 6.30. The summed E-state index contributed by atoms with van der Waals surface area (Å²) in [5.74, 6) is -0.692. The predicted octanol–water partition coefficient (Wildman–Crippen LogP) is 1.96. The van der Waals surface area contributed by atoms with Crippen LogP contribution in [0.1, 0.15) is 10.4 Å². The Morgan fingerprint density at radius 3 is 2.70 bits per heavy atom. The van der Waals surface area contributed by atoms with Crippen LogP contribution in [0.3, 0.4) is 0 Å². The van der Waals surface area contributed by atoms with Crippen LogP contribution in [0.4, 0.5) is 5.69 Å². The molecule has 0 saturated carbocycles. The van der Waals surface area contributed by atoms with Gasteiger partial charge in [0.2, 0.25) is 0 Å². The van der Waals surface area contributed by atoms with Crippen LogP contribution in [0.15, 0.2) is 36.7 Å². The molecule has 0 unspecified atom stereocenters. The number of hydrogen-bond donors (Lipinski definition) is 1. The van der Waals surface area contributed by atoms with E-state index in [0.29, 0.717) is 16.3 Å². The van der Waals surface area contributed by atoms with Crippen molar-refractivity contribution < 1.29 is 14.3 Å². The zero-order chi connectivity index (χ0) is 14.5. The number of nitrogens with zero attached hydrogens (tertiary/aromatic N) is 2. The number of ether oxygens (including phenoxy) is 1. The van der Waals surface area contributed by atoms with Gasteiger partial charge in [-0.1, -0.05) is 11.6 Å². The second-order valence-corrected chi connectivity index (χ2v) is 4.40. The van der Waals surface area contributed by atoms with Crippen LogP contribution in [-0.4, -0.2) is 28.8 Å². The summed E-state index contributed by atoms with van der Waals surface area (Å²) in [6, 6.07) is 6.52. The molecule has 7 heteroatoms. The number of nitrogens with one attached hydrogen (secondary N) is 1. The third-order valence-electron chi connectivity index (χ3n) is 2.52. The topological polar surface area (TPSA) is 73.2 Å². The van der Waals surface area contributed by atoms with E-state index in [0.717, 1.165) is 0 Å². The molecule has 2 aromatic rings. The normalized spacial score (nSPS) is 10.1. The van der Waals surface area contributed by atoms with Gasteiger partial charge in [-0.05, 0) is 24.3 Å². The molecule has 6 nitrogen and oxygen atoms in total. The minimum absolute atomic E-state index is 0.00663. The zero-order valence-electron chi connectivity index (χ0n) is 10.7. The number of methoxy groups -OCH3 is 1. The van der Waals surface area contributed by atoms with Gasteiger partial charge >= 0.3 is 5.97 Å². The maximum Gasteiger partial charge on any atom is 0.327 e. The molecule has 1 amide bonds. The van der Waals surface area contributed by atoms with Crippen molar-refractivity contribution in [1.82, 2.24) is 9.78 Å². The molecule has 0 aliphatic carbocycles. The van der Waals surface area contributed by atoms with E-state index in [4.69, 9.17) is 11.6 Å². The highest BCUT2D eigenvalue weighted by Gasteiger charge is 2.09. The van der Waals surface area contributed by atoms with Crippen molar-refractivity contribution in [3.05, 3.63) is 47.2 Å². The van der Waals surface area contributed by atoms with Crippen molar-refractivity contribution in [2.75, 3.05) is 12.4 Å². The molecule has 0 fully saturated rings. The first-order valence-corrected chi connectivity index (χ1v) is 6.12. The second-order valence-electron chi connectivity index (χ2n) is 3.96. The number of carbonyl (C=O) groups is 2. The maximum atomic E-state index is 11.9. The summed E-state index contributed by atoms with van der Waals surface area (Å²) in [5.41, 5.74) is 0.976. The lowest BCUT2D eigenvalue weighted by Gasteiger charge is -2.02. The monoisotopic (exact) mass is 293 g/mol. The lowest BCUT2D eigenvalue weighted by Crippen LogP contribution is -2.12. The van der Waals surface area contributed by atoms with Gasteiger partial charge < -0.3 is 10.1 Å². The molecule has 0 spiro atoms. The average Bonchev–Trinajstić information content (AvgIpc) is 2.86. The number of hydrogen-bond acceptors (Lipinski definition) is 4. The van der Waals surface area contributed by atoms with Gasteiger partial charge in [0, 0.05) is 16.8 Å². The fraction of sp³-hybridized carbons (Fsp3) is 0.154. The van der Waals surface area contributed by atoms with Gasteiger partial charge in [-0.3, -0.25) is 14.3 Å². The fourth-order valence-corrected chi connectivity index (χ4v) is 1.64. The molecule has 1 heterocycles. The van der Waals surface area contributed by atoms with Crippen LogP contribution in [0, 0.1) is 0 Å². The largest absolute Gasteiger partial charge is 0.468 e. The first-order chi connectivity index (χ1) is 9.58. The van der Waals surface area contributed by atoms with Crippen LogP contribution in [0.2, 0.25) is 5.02 Å². The molecule has 0 aliphatic rings. The minimum atomic E-state index is -0.413. The average molecular weight is 294 g/mol. The Kier molecular flexibility index (Phi) is 4.37. The Morgan fingerprint density at radius 2 is 2.05 bits per heavy atom. The highest BCUT2D eigenvalue weighted by Crippen LogP contribution is 2.12. The molecule has 0 bridgehead atoms. The summed E-state index contributed by atoms with van der Waals surface area (Å²) < 4.78 is 5.90. The number of benzene rings is 1. The lowest BCUT2D eigenvalue weighted by molar-refractivity contribution is -0.141. The molecule has 0 radical (unpaired) electrons. The van der Waals surface area contributed by atoms with Gasteiger partial charge in [0.15, 0.2) is 0 Å². The first-order valence-electron chi connectivity index (χ1n) is 5.74. The number of halogens is 1. The molecule has 0 atom stereocenters. The van der Waals surface area contributed by atoms with Gasteiger partial charge in [0.1, 0.15) is 6.54 Å². The van der Waals surface area contributed by atoms with E-state index in [1.807, 2.05) is 0 Å². The SMILES string of the molecule is COC(=O)Cn1cc(NC(=O)c2ccc(Cl)cc2)cn1. The van der Waals surface area contributed by atoms with Gasteiger partial charge in [0.25, 0.3) is 5.91 Å². The number of esters is 1. The molecular weight excluding hydrogens is 282 g/mol. The Balaban J connectivity index is 2.01. The van der Waals surface area contributed by atoms with Crippen molar-refractivity contribution in [3.63, 3.8) is 0 Å². The lowest BCUT2D eigenvalue weighted by atomic mass is 10.2. The summed E-state index contributed by atoms with van der Waals surface area (Å²) >= 11 is 5.75. The number of anilines is 1. The van der Waals surface area contributed by atoms with Crippen LogP contribution >= 0.6 is 11.6 Å². The van der Waals surface area contributed by atoms with Crippen molar-refractivity contribution in [3.8, 4) is 0 Å². The molecule has 0 aliphatic heterocycles. The second kappa shape index (κ2) is 6.21. The fourth-order valence-electron chi connectivity index (χ4n) is 1.52. The van der Waals surface area contributed by atoms with Crippen LogP contribution in [-0.2, 0) is 16.1 Å². The standard InChI is InChI=1S/C13H12ClN3O3/c1-20-12(18)8-17-7-11(6-15-17)16-13(19)9-2-4-10(14)5-3-9/h2-7H,8H2,1H3,(H,16,19). The van der Waals surface area contributed by atoms with Gasteiger partial charge in [-0.25, -0.2) is 0 Å². The first kappa shape index (κ1) is 14.1. The quantitative estimate of drug-likeness (QED) is 0.875. The number of amides is 1. The third-order valence-corrected chi connectivity index (χ3v) is 2.77. The summed E-state index contributed by atoms with van der Waals surface area (Å²) in [6.45, 7) is -0.00663. The summed E-state index contributed by atoms with van der Waals surface area (Å²) in [7, 11) is 1.30. The Morgan fingerprint density at radius 1 is 1.35 bits per heavy atom.